The molecule has 1 aliphatic heterocycles. The fourth-order valence-electron chi connectivity index (χ4n) is 4.34. The van der Waals surface area contributed by atoms with Gasteiger partial charge in [0.2, 0.25) is 5.95 Å². The standard InChI is InChI=1S/C23H27N5O2/c1-12-18-16(20(29)24-12)11-17(25-18)14-9-6-10-15-19(14)26-22(27-23(2,3)4)28(21(15)30)13-7-5-8-13/h6,9-13,25H,5,7-8H2,1-4H3,(H,24,29)(H,26,27)/t12-/m1/s1. The molecule has 156 valence electrons. The first kappa shape index (κ1) is 18.9. The molecule has 1 aromatic carbocycles. The minimum atomic E-state index is -0.227. The van der Waals surface area contributed by atoms with E-state index in [1.807, 2.05) is 35.8 Å². The maximum atomic E-state index is 13.5. The third kappa shape index (κ3) is 2.91. The summed E-state index contributed by atoms with van der Waals surface area (Å²) in [7, 11) is 0. The number of anilines is 1. The normalized spacial score (nSPS) is 18.9. The summed E-state index contributed by atoms with van der Waals surface area (Å²) in [5, 5.41) is 6.95. The highest BCUT2D eigenvalue weighted by atomic mass is 16.2. The van der Waals surface area contributed by atoms with E-state index >= 15 is 0 Å². The summed E-state index contributed by atoms with van der Waals surface area (Å²) >= 11 is 0. The average Bonchev–Trinajstić information content (AvgIpc) is 3.16. The van der Waals surface area contributed by atoms with Crippen molar-refractivity contribution in [1.29, 1.82) is 0 Å². The van der Waals surface area contributed by atoms with Crippen molar-refractivity contribution in [1.82, 2.24) is 19.9 Å². The Hall–Kier alpha value is -3.09. The van der Waals surface area contributed by atoms with Gasteiger partial charge in [-0.2, -0.15) is 0 Å². The van der Waals surface area contributed by atoms with Crippen molar-refractivity contribution in [2.75, 3.05) is 5.32 Å². The summed E-state index contributed by atoms with van der Waals surface area (Å²) in [6.07, 6.45) is 3.14. The highest BCUT2D eigenvalue weighted by molar-refractivity contribution is 6.01. The van der Waals surface area contributed by atoms with Crippen LogP contribution < -0.4 is 16.2 Å². The summed E-state index contributed by atoms with van der Waals surface area (Å²) in [6.45, 7) is 8.15. The van der Waals surface area contributed by atoms with Gasteiger partial charge < -0.3 is 15.6 Å². The van der Waals surface area contributed by atoms with Crippen LogP contribution in [0.1, 0.15) is 75.1 Å². The van der Waals surface area contributed by atoms with Crippen LogP contribution in [0.4, 0.5) is 5.95 Å². The van der Waals surface area contributed by atoms with Gasteiger partial charge in [0.1, 0.15) is 0 Å². The number of aromatic amines is 1. The Morgan fingerprint density at radius 1 is 1.17 bits per heavy atom. The largest absolute Gasteiger partial charge is 0.356 e. The Morgan fingerprint density at radius 2 is 1.93 bits per heavy atom. The zero-order valence-corrected chi connectivity index (χ0v) is 17.8. The SMILES string of the molecule is C[C@H]1NC(=O)c2cc(-c3cccc4c(=O)n(C5CCC5)c(NC(C)(C)C)nc34)[nH]c21. The van der Waals surface area contributed by atoms with Crippen molar-refractivity contribution < 1.29 is 4.79 Å². The maximum absolute atomic E-state index is 13.5. The summed E-state index contributed by atoms with van der Waals surface area (Å²) in [4.78, 5) is 34.0. The number of H-pyrrole nitrogens is 1. The Bertz CT molecular complexity index is 1230. The van der Waals surface area contributed by atoms with Crippen LogP contribution in [0, 0.1) is 0 Å². The number of fused-ring (bicyclic) bond motifs is 2. The fraction of sp³-hybridized carbons (Fsp3) is 0.435. The first-order chi connectivity index (χ1) is 14.2. The van der Waals surface area contributed by atoms with E-state index < -0.39 is 0 Å². The number of hydrogen-bond acceptors (Lipinski definition) is 4. The molecule has 1 atom stereocenters. The van der Waals surface area contributed by atoms with Crippen LogP contribution >= 0.6 is 0 Å². The summed E-state index contributed by atoms with van der Waals surface area (Å²) < 4.78 is 1.84. The molecule has 0 bridgehead atoms. The number of carbonyl (C=O) groups is 1. The fourth-order valence-corrected chi connectivity index (χ4v) is 4.34. The monoisotopic (exact) mass is 405 g/mol. The van der Waals surface area contributed by atoms with Crippen LogP contribution in [0.2, 0.25) is 0 Å². The Labute approximate surface area is 174 Å². The van der Waals surface area contributed by atoms with Gasteiger partial charge in [0.15, 0.2) is 0 Å². The highest BCUT2D eigenvalue weighted by Crippen LogP contribution is 2.36. The topological polar surface area (TPSA) is 91.8 Å². The molecule has 0 saturated heterocycles. The summed E-state index contributed by atoms with van der Waals surface area (Å²) in [5.41, 5.74) is 3.59. The lowest BCUT2D eigenvalue weighted by Gasteiger charge is -2.32. The second-order valence-corrected chi connectivity index (χ2v) is 9.48. The molecule has 0 unspecified atom stereocenters. The molecule has 3 aromatic rings. The number of amides is 1. The van der Waals surface area contributed by atoms with E-state index in [-0.39, 0.29) is 29.1 Å². The number of carbonyl (C=O) groups excluding carboxylic acids is 1. The van der Waals surface area contributed by atoms with E-state index in [2.05, 4.69) is 36.4 Å². The molecule has 1 fully saturated rings. The lowest BCUT2D eigenvalue weighted by Crippen LogP contribution is -2.36. The number of hydrogen-bond donors (Lipinski definition) is 3. The molecule has 2 aliphatic rings. The van der Waals surface area contributed by atoms with Crippen LogP contribution in [0.15, 0.2) is 29.1 Å². The smallest absolute Gasteiger partial charge is 0.263 e. The number of nitrogens with zero attached hydrogens (tertiary/aromatic N) is 2. The lowest BCUT2D eigenvalue weighted by atomic mass is 9.92. The van der Waals surface area contributed by atoms with Crippen molar-refractivity contribution in [3.05, 3.63) is 45.9 Å². The van der Waals surface area contributed by atoms with E-state index in [0.717, 1.165) is 36.2 Å². The van der Waals surface area contributed by atoms with Crippen molar-refractivity contribution in [2.24, 2.45) is 0 Å². The van der Waals surface area contributed by atoms with Crippen LogP contribution in [-0.2, 0) is 0 Å². The average molecular weight is 406 g/mol. The van der Waals surface area contributed by atoms with E-state index in [4.69, 9.17) is 4.98 Å². The number of para-hydroxylation sites is 1. The number of aromatic nitrogens is 3. The highest BCUT2D eigenvalue weighted by Gasteiger charge is 2.30. The van der Waals surface area contributed by atoms with Gasteiger partial charge in [-0.1, -0.05) is 12.1 Å². The Kier molecular flexibility index (Phi) is 4.07. The lowest BCUT2D eigenvalue weighted by molar-refractivity contribution is 0.0958. The number of benzene rings is 1. The zero-order chi connectivity index (χ0) is 21.2. The van der Waals surface area contributed by atoms with E-state index in [0.29, 0.717) is 22.4 Å². The molecule has 0 radical (unpaired) electrons. The summed E-state index contributed by atoms with van der Waals surface area (Å²) in [6, 6.07) is 7.68. The molecule has 1 saturated carbocycles. The molecular formula is C23H27N5O2. The molecular weight excluding hydrogens is 378 g/mol. The zero-order valence-electron chi connectivity index (χ0n) is 17.8. The third-order valence-electron chi connectivity index (χ3n) is 6.02. The minimum absolute atomic E-state index is 0.0106. The first-order valence-electron chi connectivity index (χ1n) is 10.6. The number of rotatable bonds is 3. The molecule has 2 aromatic heterocycles. The maximum Gasteiger partial charge on any atom is 0.263 e. The van der Waals surface area contributed by atoms with Gasteiger partial charge in [-0.05, 0) is 59.1 Å². The van der Waals surface area contributed by atoms with Gasteiger partial charge in [-0.25, -0.2) is 4.98 Å². The van der Waals surface area contributed by atoms with Crippen molar-refractivity contribution in [3.63, 3.8) is 0 Å². The first-order valence-corrected chi connectivity index (χ1v) is 10.6. The Balaban J connectivity index is 1.73. The summed E-state index contributed by atoms with van der Waals surface area (Å²) in [5.74, 6) is 0.540. The van der Waals surface area contributed by atoms with E-state index in [1.54, 1.807) is 0 Å². The molecule has 7 nitrogen and oxygen atoms in total. The van der Waals surface area contributed by atoms with Gasteiger partial charge in [0.25, 0.3) is 11.5 Å². The van der Waals surface area contributed by atoms with Gasteiger partial charge in [-0.3, -0.25) is 14.2 Å². The van der Waals surface area contributed by atoms with E-state index in [9.17, 15) is 9.59 Å². The predicted octanol–water partition coefficient (Wildman–Crippen LogP) is 4.13. The van der Waals surface area contributed by atoms with Crippen LogP contribution in [0.5, 0.6) is 0 Å². The van der Waals surface area contributed by atoms with Gasteiger partial charge in [0.05, 0.1) is 28.2 Å². The van der Waals surface area contributed by atoms with Gasteiger partial charge in [0, 0.05) is 22.8 Å². The molecule has 1 aliphatic carbocycles. The quantitative estimate of drug-likeness (QED) is 0.611. The molecule has 5 rings (SSSR count). The molecule has 7 heteroatoms. The second kappa shape index (κ2) is 6.45. The van der Waals surface area contributed by atoms with Crippen LogP contribution in [-0.4, -0.2) is 26.0 Å². The van der Waals surface area contributed by atoms with Crippen LogP contribution in [0.3, 0.4) is 0 Å². The molecule has 3 N–H and O–H groups in total. The van der Waals surface area contributed by atoms with Crippen LogP contribution in [0.25, 0.3) is 22.2 Å². The predicted molar refractivity (Wildman–Crippen MR) is 118 cm³/mol. The molecule has 3 heterocycles. The second-order valence-electron chi connectivity index (χ2n) is 9.48. The van der Waals surface area contributed by atoms with Crippen molar-refractivity contribution in [2.45, 2.75) is 64.6 Å². The van der Waals surface area contributed by atoms with E-state index in [1.165, 1.54) is 0 Å². The van der Waals surface area contributed by atoms with Crippen molar-refractivity contribution >= 4 is 22.8 Å². The third-order valence-corrected chi connectivity index (χ3v) is 6.02. The molecule has 0 spiro atoms. The number of nitrogens with one attached hydrogen (secondary N) is 3. The molecule has 1 amide bonds. The van der Waals surface area contributed by atoms with Crippen molar-refractivity contribution in [3.8, 4) is 11.3 Å². The molecule has 30 heavy (non-hydrogen) atoms. The van der Waals surface area contributed by atoms with Gasteiger partial charge >= 0.3 is 0 Å². The van der Waals surface area contributed by atoms with Gasteiger partial charge in [-0.15, -0.1) is 0 Å². The minimum Gasteiger partial charge on any atom is -0.356 e. The Morgan fingerprint density at radius 3 is 2.57 bits per heavy atom.